The molecule has 0 saturated heterocycles. The van der Waals surface area contributed by atoms with Crippen molar-refractivity contribution in [2.24, 2.45) is 0 Å². The highest BCUT2D eigenvalue weighted by atomic mass is 32.2. The molecule has 122 valence electrons. The van der Waals surface area contributed by atoms with Crippen molar-refractivity contribution in [3.05, 3.63) is 0 Å². The lowest BCUT2D eigenvalue weighted by Crippen LogP contribution is -2.40. The number of nitrogens with zero attached hydrogens (tertiary/aromatic N) is 2. The summed E-state index contributed by atoms with van der Waals surface area (Å²) in [5.41, 5.74) is 0. The van der Waals surface area contributed by atoms with Crippen LogP contribution in [0, 0.1) is 0 Å². The van der Waals surface area contributed by atoms with E-state index in [1.807, 2.05) is 0 Å². The number of imide groups is 1. The zero-order valence-corrected chi connectivity index (χ0v) is 14.2. The van der Waals surface area contributed by atoms with Gasteiger partial charge in [0.15, 0.2) is 4.34 Å². The number of thioether (sulfide) groups is 1. The van der Waals surface area contributed by atoms with Crippen LogP contribution in [0.2, 0.25) is 0 Å². The van der Waals surface area contributed by atoms with Gasteiger partial charge in [-0.05, 0) is 19.8 Å². The van der Waals surface area contributed by atoms with Gasteiger partial charge in [0, 0.05) is 12.6 Å². The molecule has 0 spiro atoms. The normalized spacial score (nSPS) is 15.3. The highest BCUT2D eigenvalue weighted by molar-refractivity contribution is 8.01. The van der Waals surface area contributed by atoms with E-state index in [2.05, 4.69) is 26.1 Å². The number of carbonyl (C=O) groups excluding carboxylic acids is 2. The summed E-state index contributed by atoms with van der Waals surface area (Å²) in [5, 5.41) is 17.1. The van der Waals surface area contributed by atoms with E-state index in [-0.39, 0.29) is 11.7 Å². The summed E-state index contributed by atoms with van der Waals surface area (Å²) in [5.74, 6) is -0.192. The van der Waals surface area contributed by atoms with Gasteiger partial charge in [-0.25, -0.2) is 4.79 Å². The second-order valence-corrected chi connectivity index (χ2v) is 7.25. The number of rotatable bonds is 6. The second kappa shape index (κ2) is 8.94. The largest absolute Gasteiger partial charge is 0.357 e. The molecule has 1 aromatic rings. The van der Waals surface area contributed by atoms with Crippen molar-refractivity contribution in [3.8, 4) is 0 Å². The molecule has 3 amide bonds. The zero-order valence-electron chi connectivity index (χ0n) is 12.6. The summed E-state index contributed by atoms with van der Waals surface area (Å²) in [7, 11) is 0. The van der Waals surface area contributed by atoms with Crippen LogP contribution in [0.3, 0.4) is 0 Å². The van der Waals surface area contributed by atoms with Crippen LogP contribution >= 0.6 is 23.1 Å². The van der Waals surface area contributed by atoms with Crippen molar-refractivity contribution in [2.45, 2.75) is 49.4 Å². The maximum atomic E-state index is 11.6. The second-order valence-electron chi connectivity index (χ2n) is 5.05. The van der Waals surface area contributed by atoms with E-state index in [9.17, 15) is 9.59 Å². The third kappa shape index (κ3) is 5.80. The fourth-order valence-corrected chi connectivity index (χ4v) is 3.87. The van der Waals surface area contributed by atoms with Gasteiger partial charge in [-0.3, -0.25) is 10.1 Å². The molecule has 1 aliphatic carbocycles. The number of urea groups is 1. The quantitative estimate of drug-likeness (QED) is 0.686. The van der Waals surface area contributed by atoms with E-state index >= 15 is 0 Å². The van der Waals surface area contributed by atoms with Crippen LogP contribution in [0.5, 0.6) is 0 Å². The van der Waals surface area contributed by atoms with Gasteiger partial charge < -0.3 is 10.6 Å². The zero-order chi connectivity index (χ0) is 15.8. The molecule has 2 rings (SSSR count). The molecule has 0 aromatic carbocycles. The highest BCUT2D eigenvalue weighted by Crippen LogP contribution is 2.28. The Bertz CT molecular complexity index is 502. The Morgan fingerprint density at radius 2 is 2.05 bits per heavy atom. The summed E-state index contributed by atoms with van der Waals surface area (Å²) in [6.45, 7) is 2.28. The smallest absolute Gasteiger partial charge is 0.321 e. The molecule has 0 bridgehead atoms. The van der Waals surface area contributed by atoms with Crippen LogP contribution in [-0.2, 0) is 4.79 Å². The summed E-state index contributed by atoms with van der Waals surface area (Å²) in [6.07, 6.45) is 6.19. The predicted octanol–water partition coefficient (Wildman–Crippen LogP) is 2.22. The van der Waals surface area contributed by atoms with Gasteiger partial charge in [0.05, 0.1) is 5.75 Å². The average Bonchev–Trinajstić information content (AvgIpc) is 2.94. The first-order chi connectivity index (χ1) is 10.7. The monoisotopic (exact) mass is 343 g/mol. The lowest BCUT2D eigenvalue weighted by Gasteiger charge is -2.21. The molecule has 1 fully saturated rings. The minimum Gasteiger partial charge on any atom is -0.357 e. The van der Waals surface area contributed by atoms with Gasteiger partial charge in [0.1, 0.15) is 0 Å². The first-order valence-corrected chi connectivity index (χ1v) is 9.28. The molecule has 0 aliphatic heterocycles. The molecule has 0 atom stereocenters. The Labute approximate surface area is 138 Å². The number of carbonyl (C=O) groups is 2. The Morgan fingerprint density at radius 1 is 1.27 bits per heavy atom. The molecular weight excluding hydrogens is 322 g/mol. The molecular formula is C13H21N5O2S2. The van der Waals surface area contributed by atoms with Crippen LogP contribution in [0.15, 0.2) is 4.34 Å². The van der Waals surface area contributed by atoms with E-state index < -0.39 is 6.03 Å². The molecule has 9 heteroatoms. The molecule has 22 heavy (non-hydrogen) atoms. The minimum absolute atomic E-state index is 0.148. The van der Waals surface area contributed by atoms with Crippen LogP contribution in [0.4, 0.5) is 9.93 Å². The predicted molar refractivity (Wildman–Crippen MR) is 88.3 cm³/mol. The van der Waals surface area contributed by atoms with E-state index in [1.165, 1.54) is 55.2 Å². The standard InChI is InChI=1S/C13H21N5O2S2/c1-2-14-11(20)16-10(19)8-21-13-18-17-12(22-13)15-9-6-4-3-5-7-9/h9H,2-8H2,1H3,(H,15,17)(H2,14,16,19,20). The van der Waals surface area contributed by atoms with Crippen molar-refractivity contribution in [2.75, 3.05) is 17.6 Å². The van der Waals surface area contributed by atoms with Crippen molar-refractivity contribution in [1.82, 2.24) is 20.8 Å². The van der Waals surface area contributed by atoms with Crippen molar-refractivity contribution >= 4 is 40.2 Å². The molecule has 1 saturated carbocycles. The van der Waals surface area contributed by atoms with E-state index in [0.717, 1.165) is 9.47 Å². The fraction of sp³-hybridized carbons (Fsp3) is 0.692. The molecule has 1 aromatic heterocycles. The summed E-state index contributed by atoms with van der Waals surface area (Å²) in [4.78, 5) is 22.8. The van der Waals surface area contributed by atoms with Gasteiger partial charge >= 0.3 is 6.03 Å². The Kier molecular flexibility index (Phi) is 6.91. The minimum atomic E-state index is -0.468. The van der Waals surface area contributed by atoms with Crippen molar-refractivity contribution < 1.29 is 9.59 Å². The molecule has 1 aliphatic rings. The molecule has 1 heterocycles. The third-order valence-electron chi connectivity index (χ3n) is 3.26. The number of hydrogen-bond acceptors (Lipinski definition) is 7. The molecule has 0 unspecified atom stereocenters. The van der Waals surface area contributed by atoms with Crippen molar-refractivity contribution in [3.63, 3.8) is 0 Å². The lowest BCUT2D eigenvalue weighted by atomic mass is 9.96. The van der Waals surface area contributed by atoms with Gasteiger partial charge in [0.2, 0.25) is 11.0 Å². The van der Waals surface area contributed by atoms with E-state index in [4.69, 9.17) is 0 Å². The lowest BCUT2D eigenvalue weighted by molar-refractivity contribution is -0.117. The molecule has 3 N–H and O–H groups in total. The van der Waals surface area contributed by atoms with Crippen LogP contribution in [-0.4, -0.2) is 40.5 Å². The first kappa shape index (κ1) is 17.0. The van der Waals surface area contributed by atoms with Gasteiger partial charge in [-0.2, -0.15) is 0 Å². The van der Waals surface area contributed by atoms with Crippen LogP contribution < -0.4 is 16.0 Å². The third-order valence-corrected chi connectivity index (χ3v) is 5.24. The average molecular weight is 343 g/mol. The van der Waals surface area contributed by atoms with Crippen LogP contribution in [0.1, 0.15) is 39.0 Å². The van der Waals surface area contributed by atoms with E-state index in [0.29, 0.717) is 12.6 Å². The molecule has 7 nitrogen and oxygen atoms in total. The Hall–Kier alpha value is -1.35. The number of nitrogens with one attached hydrogen (secondary N) is 3. The van der Waals surface area contributed by atoms with Gasteiger partial charge in [-0.1, -0.05) is 42.4 Å². The number of hydrogen-bond donors (Lipinski definition) is 3. The summed E-state index contributed by atoms with van der Waals surface area (Å²) in [6, 6.07) is 0.0191. The summed E-state index contributed by atoms with van der Waals surface area (Å²) >= 11 is 2.73. The number of amides is 3. The first-order valence-electron chi connectivity index (χ1n) is 7.48. The number of anilines is 1. The van der Waals surface area contributed by atoms with Crippen molar-refractivity contribution in [1.29, 1.82) is 0 Å². The van der Waals surface area contributed by atoms with Crippen LogP contribution in [0.25, 0.3) is 0 Å². The maximum absolute atomic E-state index is 11.6. The maximum Gasteiger partial charge on any atom is 0.321 e. The topological polar surface area (TPSA) is 96.0 Å². The Balaban J connectivity index is 1.72. The number of aromatic nitrogens is 2. The molecule has 0 radical (unpaired) electrons. The van der Waals surface area contributed by atoms with Gasteiger partial charge in [0.25, 0.3) is 0 Å². The fourth-order valence-electron chi connectivity index (χ4n) is 2.24. The highest BCUT2D eigenvalue weighted by Gasteiger charge is 2.15. The SMILES string of the molecule is CCNC(=O)NC(=O)CSc1nnc(NC2CCCCC2)s1. The summed E-state index contributed by atoms with van der Waals surface area (Å²) < 4.78 is 0.726. The van der Waals surface area contributed by atoms with Gasteiger partial charge in [-0.15, -0.1) is 10.2 Å². The Morgan fingerprint density at radius 3 is 2.77 bits per heavy atom. The van der Waals surface area contributed by atoms with E-state index in [1.54, 1.807) is 6.92 Å².